The Hall–Kier alpha value is -3.40. The molecule has 2 aromatic heterocycles. The molecule has 0 spiro atoms. The summed E-state index contributed by atoms with van der Waals surface area (Å²) in [7, 11) is 3.81. The Bertz CT molecular complexity index is 1040. The molecule has 10 heteroatoms. The Kier molecular flexibility index (Phi) is 10.9. The lowest BCUT2D eigenvalue weighted by Gasteiger charge is -2.25. The van der Waals surface area contributed by atoms with Crippen LogP contribution in [0, 0.1) is 0 Å². The van der Waals surface area contributed by atoms with Gasteiger partial charge < -0.3 is 23.8 Å². The van der Waals surface area contributed by atoms with Crippen LogP contribution in [0.15, 0.2) is 42.6 Å². The number of hydrogen-bond donors (Lipinski definition) is 0. The van der Waals surface area contributed by atoms with Crippen molar-refractivity contribution >= 4 is 37.9 Å². The molecule has 1 saturated heterocycles. The highest BCUT2D eigenvalue weighted by molar-refractivity contribution is 6.11. The van der Waals surface area contributed by atoms with Gasteiger partial charge in [0.1, 0.15) is 38.6 Å². The van der Waals surface area contributed by atoms with E-state index in [1.165, 1.54) is 6.92 Å². The molecule has 0 aliphatic carbocycles. The normalized spacial score (nSPS) is 19.9. The number of carbonyl (C=O) groups is 2. The Morgan fingerprint density at radius 3 is 2.73 bits per heavy atom. The summed E-state index contributed by atoms with van der Waals surface area (Å²) in [5, 5.41) is 0. The van der Waals surface area contributed by atoms with Gasteiger partial charge in [0.05, 0.1) is 17.9 Å². The number of hydrogen-bond acceptors (Lipinski definition) is 9. The average Bonchev–Trinajstić information content (AvgIpc) is 3.23. The third-order valence-electron chi connectivity index (χ3n) is 5.95. The molecule has 0 radical (unpaired) electrons. The smallest absolute Gasteiger partial charge is 0.460 e. The second-order valence-electron chi connectivity index (χ2n) is 9.20. The first-order valence-electron chi connectivity index (χ1n) is 12.8. The highest BCUT2D eigenvalue weighted by atomic mass is 16.7. The van der Waals surface area contributed by atoms with Crippen molar-refractivity contribution in [2.45, 2.75) is 63.8 Å². The number of nitrogens with zero attached hydrogens (tertiary/aromatic N) is 3. The molecule has 3 heterocycles. The van der Waals surface area contributed by atoms with E-state index in [-0.39, 0.29) is 24.7 Å². The zero-order valence-electron chi connectivity index (χ0n) is 22.0. The van der Waals surface area contributed by atoms with Crippen LogP contribution in [-0.4, -0.2) is 74.5 Å². The maximum absolute atomic E-state index is 12.5. The van der Waals surface area contributed by atoms with E-state index in [4.69, 9.17) is 23.9 Å². The number of likely N-dealkylation sites (N-methyl/N-ethyl adjacent to an activating group) is 1. The summed E-state index contributed by atoms with van der Waals surface area (Å²) in [6.07, 6.45) is 6.64. The predicted molar refractivity (Wildman–Crippen MR) is 144 cm³/mol. The minimum atomic E-state index is -0.765. The summed E-state index contributed by atoms with van der Waals surface area (Å²) in [5.41, 5.74) is 1.65. The predicted octanol–water partition coefficient (Wildman–Crippen LogP) is 3.48. The molecule has 3 rings (SSSR count). The lowest BCUT2D eigenvalue weighted by Crippen LogP contribution is -2.35. The van der Waals surface area contributed by atoms with Gasteiger partial charge >= 0.3 is 12.1 Å². The Morgan fingerprint density at radius 1 is 1.22 bits per heavy atom. The summed E-state index contributed by atoms with van der Waals surface area (Å²) >= 11 is 0. The van der Waals surface area contributed by atoms with Crippen molar-refractivity contribution in [2.75, 3.05) is 25.1 Å². The zero-order chi connectivity index (χ0) is 26.6. The number of aromatic nitrogens is 2. The topological polar surface area (TPSA) is 100 Å². The molecule has 37 heavy (non-hydrogen) atoms. The molecule has 0 bridgehead atoms. The molecule has 1 aliphatic heterocycles. The Labute approximate surface area is 219 Å². The van der Waals surface area contributed by atoms with Crippen molar-refractivity contribution in [1.82, 2.24) is 9.97 Å². The highest BCUT2D eigenvalue weighted by Gasteiger charge is 2.36. The minimum Gasteiger partial charge on any atom is -0.460 e. The van der Waals surface area contributed by atoms with Gasteiger partial charge in [-0.3, -0.25) is 9.78 Å². The van der Waals surface area contributed by atoms with Gasteiger partial charge in [-0.25, -0.2) is 9.78 Å². The van der Waals surface area contributed by atoms with Gasteiger partial charge in [0.25, 0.3) is 0 Å². The first-order chi connectivity index (χ1) is 17.8. The van der Waals surface area contributed by atoms with Crippen molar-refractivity contribution in [3.8, 4) is 0 Å². The van der Waals surface area contributed by atoms with Crippen LogP contribution in [0.4, 0.5) is 10.6 Å². The van der Waals surface area contributed by atoms with Gasteiger partial charge in [-0.15, -0.1) is 0 Å². The summed E-state index contributed by atoms with van der Waals surface area (Å²) in [6, 6.07) is 11.4. The van der Waals surface area contributed by atoms with E-state index < -0.39 is 18.4 Å². The van der Waals surface area contributed by atoms with Gasteiger partial charge in [0, 0.05) is 32.6 Å². The molecule has 1 fully saturated rings. The largest absolute Gasteiger partial charge is 0.508 e. The number of esters is 1. The van der Waals surface area contributed by atoms with Crippen LogP contribution in [0.25, 0.3) is 12.2 Å². The fourth-order valence-electron chi connectivity index (χ4n) is 4.13. The number of ether oxygens (including phenoxy) is 4. The van der Waals surface area contributed by atoms with Crippen molar-refractivity contribution in [3.63, 3.8) is 0 Å². The van der Waals surface area contributed by atoms with E-state index >= 15 is 0 Å². The number of rotatable bonds is 12. The first-order valence-corrected chi connectivity index (χ1v) is 12.8. The van der Waals surface area contributed by atoms with Crippen LogP contribution in [-0.2, 0) is 23.7 Å². The van der Waals surface area contributed by atoms with Gasteiger partial charge in [-0.1, -0.05) is 25.5 Å². The van der Waals surface area contributed by atoms with Gasteiger partial charge in [-0.05, 0) is 49.3 Å². The average molecular weight is 509 g/mol. The molecule has 0 saturated carbocycles. The number of anilines is 1. The second-order valence-corrected chi connectivity index (χ2v) is 9.20. The number of unbranched alkanes of at least 4 members (excludes halogenated alkanes) is 1. The van der Waals surface area contributed by atoms with E-state index in [0.717, 1.165) is 30.0 Å². The standard InChI is InChI=1S/C27H36BN3O6/c1-4-5-11-22(36-27(33)34-18-24-23(35-19(2)32)16-25(28)37-24)17-31(3)26-12-8-10-21(30-26)14-13-20-9-6-7-15-29-20/h6-10,12-15,22-25H,4-5,11,16-18,28H2,1-3H3/b14-13+/t22?,23?,24-,25-/m1/s1. The van der Waals surface area contributed by atoms with Crippen LogP contribution in [0.5, 0.6) is 0 Å². The van der Waals surface area contributed by atoms with Crippen LogP contribution in [0.2, 0.25) is 0 Å². The van der Waals surface area contributed by atoms with Crippen molar-refractivity contribution in [3.05, 3.63) is 54.0 Å². The summed E-state index contributed by atoms with van der Waals surface area (Å²) in [4.78, 5) is 34.8. The van der Waals surface area contributed by atoms with E-state index in [1.807, 2.05) is 68.3 Å². The Morgan fingerprint density at radius 2 is 2.00 bits per heavy atom. The van der Waals surface area contributed by atoms with Crippen LogP contribution in [0.1, 0.15) is 50.9 Å². The molecule has 1 aliphatic rings. The summed E-state index contributed by atoms with van der Waals surface area (Å²) in [5.74, 6) is 0.377. The molecule has 9 nitrogen and oxygen atoms in total. The van der Waals surface area contributed by atoms with Crippen LogP contribution >= 0.6 is 0 Å². The monoisotopic (exact) mass is 509 g/mol. The van der Waals surface area contributed by atoms with Crippen molar-refractivity contribution in [1.29, 1.82) is 0 Å². The number of pyridine rings is 2. The highest BCUT2D eigenvalue weighted by Crippen LogP contribution is 2.22. The maximum Gasteiger partial charge on any atom is 0.508 e. The molecule has 198 valence electrons. The van der Waals surface area contributed by atoms with Crippen LogP contribution < -0.4 is 4.90 Å². The third-order valence-corrected chi connectivity index (χ3v) is 5.95. The van der Waals surface area contributed by atoms with Crippen molar-refractivity contribution < 1.29 is 28.5 Å². The molecule has 0 amide bonds. The van der Waals surface area contributed by atoms with Gasteiger partial charge in [0.15, 0.2) is 0 Å². The summed E-state index contributed by atoms with van der Waals surface area (Å²) in [6.45, 7) is 3.86. The molecular formula is C27H36BN3O6. The van der Waals surface area contributed by atoms with Gasteiger partial charge in [-0.2, -0.15) is 0 Å². The number of carbonyl (C=O) groups excluding carboxylic acids is 2. The second kappa shape index (κ2) is 14.4. The quantitative estimate of drug-likeness (QED) is 0.315. The van der Waals surface area contributed by atoms with E-state index in [0.29, 0.717) is 19.4 Å². The lowest BCUT2D eigenvalue weighted by atomic mass is 9.96. The van der Waals surface area contributed by atoms with E-state index in [1.54, 1.807) is 6.20 Å². The van der Waals surface area contributed by atoms with E-state index in [2.05, 4.69) is 11.9 Å². The van der Waals surface area contributed by atoms with E-state index in [9.17, 15) is 9.59 Å². The fourth-order valence-corrected chi connectivity index (χ4v) is 4.13. The molecule has 2 unspecified atom stereocenters. The summed E-state index contributed by atoms with van der Waals surface area (Å²) < 4.78 is 22.1. The van der Waals surface area contributed by atoms with Crippen molar-refractivity contribution in [2.24, 2.45) is 0 Å². The molecule has 0 aromatic carbocycles. The SMILES string of the molecule is B[C@H]1CC(OC(C)=O)[C@@H](COC(=O)OC(CCCC)CN(C)c2cccc(/C=C/c3ccccn3)n2)O1. The molecule has 2 aromatic rings. The first kappa shape index (κ1) is 28.2. The molecule has 4 atom stereocenters. The third kappa shape index (κ3) is 9.53. The fraction of sp³-hybridized carbons (Fsp3) is 0.481. The van der Waals surface area contributed by atoms with Crippen LogP contribution in [0.3, 0.4) is 0 Å². The zero-order valence-corrected chi connectivity index (χ0v) is 22.0. The van der Waals surface area contributed by atoms with Gasteiger partial charge in [0.2, 0.25) is 0 Å². The minimum absolute atomic E-state index is 0.0380. The lowest BCUT2D eigenvalue weighted by molar-refractivity contribution is -0.150. The maximum atomic E-state index is 12.5. The molecular weight excluding hydrogens is 473 g/mol. The Balaban J connectivity index is 1.56. The molecule has 0 N–H and O–H groups in total.